The Morgan fingerprint density at radius 3 is 1.52 bits per heavy atom. The van der Waals surface area contributed by atoms with Gasteiger partial charge in [-0.3, -0.25) is 0 Å². The molecule has 0 amide bonds. The number of benzene rings is 8. The maximum atomic E-state index is 13.9. The van der Waals surface area contributed by atoms with Gasteiger partial charge in [-0.15, -0.1) is 11.3 Å². The summed E-state index contributed by atoms with van der Waals surface area (Å²) in [5.41, 5.74) is 9.10. The topological polar surface area (TPSA) is 12.9 Å². The molecule has 0 aliphatic carbocycles. The van der Waals surface area contributed by atoms with Crippen LogP contribution in [0.5, 0.6) is 0 Å². The molecular formula is C43H26FNS. The first-order valence-electron chi connectivity index (χ1n) is 15.4. The van der Waals surface area contributed by atoms with E-state index in [0.29, 0.717) is 0 Å². The van der Waals surface area contributed by atoms with E-state index in [-0.39, 0.29) is 5.82 Å². The van der Waals surface area contributed by atoms with Crippen molar-refractivity contribution in [1.82, 2.24) is 4.98 Å². The molecule has 1 nitrogen and oxygen atoms in total. The monoisotopic (exact) mass is 607 g/mol. The summed E-state index contributed by atoms with van der Waals surface area (Å²) in [7, 11) is 0. The molecule has 0 N–H and O–H groups in total. The Hall–Kier alpha value is -5.64. The molecule has 3 heteroatoms. The molecule has 9 aromatic rings. The van der Waals surface area contributed by atoms with Gasteiger partial charge in [-0.1, -0.05) is 121 Å². The highest BCUT2D eigenvalue weighted by molar-refractivity contribution is 7.21. The van der Waals surface area contributed by atoms with Crippen LogP contribution >= 0.6 is 11.3 Å². The van der Waals surface area contributed by atoms with Crippen LogP contribution in [0.2, 0.25) is 0 Å². The number of para-hydroxylation sites is 1. The van der Waals surface area contributed by atoms with E-state index in [2.05, 4.69) is 127 Å². The van der Waals surface area contributed by atoms with E-state index >= 15 is 0 Å². The minimum absolute atomic E-state index is 0.227. The second-order valence-corrected chi connectivity index (χ2v) is 12.7. The highest BCUT2D eigenvalue weighted by Gasteiger charge is 2.17. The highest BCUT2D eigenvalue weighted by Crippen LogP contribution is 2.44. The molecule has 0 saturated carbocycles. The molecule has 8 aromatic carbocycles. The predicted molar refractivity (Wildman–Crippen MR) is 194 cm³/mol. The molecule has 0 radical (unpaired) electrons. The molecule has 1 aromatic heterocycles. The molecule has 9 rings (SSSR count). The van der Waals surface area contributed by atoms with Crippen molar-refractivity contribution in [2.24, 2.45) is 0 Å². The lowest BCUT2D eigenvalue weighted by Gasteiger charge is -2.18. The summed E-state index contributed by atoms with van der Waals surface area (Å²) in [6.07, 6.45) is 0. The number of fused-ring (bicyclic) bond motifs is 4. The second-order valence-electron chi connectivity index (χ2n) is 11.7. The lowest BCUT2D eigenvalue weighted by atomic mass is 9.85. The molecule has 0 saturated heterocycles. The summed E-state index contributed by atoms with van der Waals surface area (Å²) in [4.78, 5) is 4.83. The van der Waals surface area contributed by atoms with Crippen molar-refractivity contribution >= 4 is 53.9 Å². The number of nitrogens with zero attached hydrogens (tertiary/aromatic N) is 1. The van der Waals surface area contributed by atoms with Crippen molar-refractivity contribution in [2.45, 2.75) is 0 Å². The Balaban J connectivity index is 1.13. The van der Waals surface area contributed by atoms with E-state index in [4.69, 9.17) is 4.98 Å². The Bertz CT molecular complexity index is 2490. The Morgan fingerprint density at radius 2 is 0.891 bits per heavy atom. The van der Waals surface area contributed by atoms with Gasteiger partial charge in [0.2, 0.25) is 0 Å². The molecule has 1 heterocycles. The number of aromatic nitrogens is 1. The van der Waals surface area contributed by atoms with Crippen LogP contribution in [0.15, 0.2) is 158 Å². The van der Waals surface area contributed by atoms with E-state index in [1.54, 1.807) is 23.5 Å². The quantitative estimate of drug-likeness (QED) is 0.181. The van der Waals surface area contributed by atoms with Crippen LogP contribution in [0.1, 0.15) is 0 Å². The summed E-state index contributed by atoms with van der Waals surface area (Å²) in [6, 6.07) is 54.5. The summed E-state index contributed by atoms with van der Waals surface area (Å²) in [6.45, 7) is 0. The average molecular weight is 608 g/mol. The first-order chi connectivity index (χ1) is 22.7. The Morgan fingerprint density at radius 1 is 0.413 bits per heavy atom. The van der Waals surface area contributed by atoms with Crippen LogP contribution in [0.25, 0.3) is 86.5 Å². The van der Waals surface area contributed by atoms with Gasteiger partial charge in [-0.25, -0.2) is 9.37 Å². The highest BCUT2D eigenvalue weighted by atomic mass is 32.1. The van der Waals surface area contributed by atoms with Crippen molar-refractivity contribution < 1.29 is 4.39 Å². The standard InChI is InChI=1S/C43H26FNS/c44-34-23-21-28(22-24-34)41-35-7-1-3-9-37(35)42(38-10-4-2-8-36(38)41)33-20-19-31-25-30(17-18-32(31)26-33)27-13-15-29(16-14-27)43-45-39-11-5-6-12-40(39)46-43/h1-26H. The fourth-order valence-corrected chi connectivity index (χ4v) is 7.72. The minimum Gasteiger partial charge on any atom is -0.236 e. The SMILES string of the molecule is Fc1ccc(-c2c3ccccc3c(-c3ccc4cc(-c5ccc(-c6nc7ccccc7s6)cc5)ccc4c3)c3ccccc23)cc1. The fraction of sp³-hybridized carbons (Fsp3) is 0. The van der Waals surface area contributed by atoms with Crippen LogP contribution in [0.4, 0.5) is 4.39 Å². The molecule has 0 fully saturated rings. The molecule has 46 heavy (non-hydrogen) atoms. The Kier molecular flexibility index (Phi) is 6.25. The van der Waals surface area contributed by atoms with Gasteiger partial charge in [0, 0.05) is 5.56 Å². The fourth-order valence-electron chi connectivity index (χ4n) is 6.75. The third-order valence-corrected chi connectivity index (χ3v) is 10.0. The number of hydrogen-bond donors (Lipinski definition) is 0. The molecule has 0 aliphatic heterocycles. The first kappa shape index (κ1) is 26.7. The van der Waals surface area contributed by atoms with Crippen molar-refractivity contribution in [3.8, 4) is 44.0 Å². The van der Waals surface area contributed by atoms with Gasteiger partial charge >= 0.3 is 0 Å². The third-order valence-electron chi connectivity index (χ3n) is 8.95. The molecule has 0 atom stereocenters. The van der Waals surface area contributed by atoms with Gasteiger partial charge in [-0.05, 0) is 102 Å². The number of rotatable bonds is 4. The van der Waals surface area contributed by atoms with Gasteiger partial charge < -0.3 is 0 Å². The number of halogens is 1. The molecule has 0 spiro atoms. The third kappa shape index (κ3) is 4.48. The van der Waals surface area contributed by atoms with Gasteiger partial charge in [-0.2, -0.15) is 0 Å². The Labute approximate surface area is 269 Å². The zero-order valence-corrected chi connectivity index (χ0v) is 25.6. The maximum absolute atomic E-state index is 13.9. The molecule has 216 valence electrons. The molecule has 0 unspecified atom stereocenters. The lowest BCUT2D eigenvalue weighted by molar-refractivity contribution is 0.628. The summed E-state index contributed by atoms with van der Waals surface area (Å²) < 4.78 is 15.1. The summed E-state index contributed by atoms with van der Waals surface area (Å²) in [5, 5.41) is 8.13. The minimum atomic E-state index is -0.227. The number of thiazole rings is 1. The summed E-state index contributed by atoms with van der Waals surface area (Å²) in [5.74, 6) is -0.227. The normalized spacial score (nSPS) is 11.6. The molecular weight excluding hydrogens is 582 g/mol. The van der Waals surface area contributed by atoms with E-state index in [0.717, 1.165) is 38.0 Å². The van der Waals surface area contributed by atoms with E-state index in [9.17, 15) is 4.39 Å². The lowest BCUT2D eigenvalue weighted by Crippen LogP contribution is -1.91. The zero-order chi connectivity index (χ0) is 30.6. The van der Waals surface area contributed by atoms with E-state index in [1.165, 1.54) is 48.5 Å². The van der Waals surface area contributed by atoms with Crippen molar-refractivity contribution in [3.05, 3.63) is 164 Å². The van der Waals surface area contributed by atoms with E-state index in [1.807, 2.05) is 18.2 Å². The predicted octanol–water partition coefficient (Wildman–Crippen LogP) is 12.6. The molecule has 0 bridgehead atoms. The van der Waals surface area contributed by atoms with Crippen molar-refractivity contribution in [2.75, 3.05) is 0 Å². The number of hydrogen-bond acceptors (Lipinski definition) is 2. The first-order valence-corrected chi connectivity index (χ1v) is 16.2. The van der Waals surface area contributed by atoms with Gasteiger partial charge in [0.15, 0.2) is 0 Å². The van der Waals surface area contributed by atoms with Gasteiger partial charge in [0.1, 0.15) is 10.8 Å². The van der Waals surface area contributed by atoms with Crippen LogP contribution < -0.4 is 0 Å². The van der Waals surface area contributed by atoms with Gasteiger partial charge in [0.05, 0.1) is 10.2 Å². The zero-order valence-electron chi connectivity index (χ0n) is 24.7. The molecule has 0 aliphatic rings. The van der Waals surface area contributed by atoms with Crippen LogP contribution in [0.3, 0.4) is 0 Å². The van der Waals surface area contributed by atoms with Crippen molar-refractivity contribution in [1.29, 1.82) is 0 Å². The van der Waals surface area contributed by atoms with Crippen molar-refractivity contribution in [3.63, 3.8) is 0 Å². The van der Waals surface area contributed by atoms with Crippen LogP contribution in [0, 0.1) is 5.82 Å². The smallest absolute Gasteiger partial charge is 0.124 e. The van der Waals surface area contributed by atoms with E-state index < -0.39 is 0 Å². The second kappa shape index (κ2) is 10.8. The van der Waals surface area contributed by atoms with Crippen LogP contribution in [-0.2, 0) is 0 Å². The van der Waals surface area contributed by atoms with Gasteiger partial charge in [0.25, 0.3) is 0 Å². The largest absolute Gasteiger partial charge is 0.236 e. The average Bonchev–Trinajstić information content (AvgIpc) is 3.55. The van der Waals surface area contributed by atoms with Crippen LogP contribution in [-0.4, -0.2) is 4.98 Å². The maximum Gasteiger partial charge on any atom is 0.124 e. The summed E-state index contributed by atoms with van der Waals surface area (Å²) >= 11 is 1.73.